The number of amides is 2. The van der Waals surface area contributed by atoms with Crippen molar-refractivity contribution in [2.24, 2.45) is 0 Å². The first-order valence-corrected chi connectivity index (χ1v) is 7.42. The molecule has 2 amide bonds. The number of benzene rings is 2. The van der Waals surface area contributed by atoms with Crippen LogP contribution in [0.2, 0.25) is 0 Å². The number of nitrogens with one attached hydrogen (secondary N) is 1. The van der Waals surface area contributed by atoms with Crippen molar-refractivity contribution in [2.75, 3.05) is 11.4 Å². The molecule has 0 aliphatic carbocycles. The van der Waals surface area contributed by atoms with Crippen molar-refractivity contribution < 1.29 is 9.59 Å². The molecule has 0 spiro atoms. The predicted molar refractivity (Wildman–Crippen MR) is 85.9 cm³/mol. The van der Waals surface area contributed by atoms with Gasteiger partial charge in [0.25, 0.3) is 5.91 Å². The molecule has 0 bridgehead atoms. The molecule has 1 aliphatic rings. The number of anilines is 1. The van der Waals surface area contributed by atoms with Crippen molar-refractivity contribution >= 4 is 17.5 Å². The fraction of sp³-hybridized carbons (Fsp3) is 0.222. The number of carbonyl (C=O) groups is 2. The molecule has 4 heteroatoms. The van der Waals surface area contributed by atoms with Crippen molar-refractivity contribution in [3.63, 3.8) is 0 Å². The van der Waals surface area contributed by atoms with Crippen LogP contribution in [0.25, 0.3) is 0 Å². The van der Waals surface area contributed by atoms with Crippen molar-refractivity contribution in [1.29, 1.82) is 0 Å². The Labute approximate surface area is 129 Å². The molecule has 1 heterocycles. The molecule has 0 unspecified atom stereocenters. The molecule has 2 aromatic rings. The lowest BCUT2D eigenvalue weighted by Gasteiger charge is -2.22. The van der Waals surface area contributed by atoms with Crippen LogP contribution in [0.4, 0.5) is 5.69 Å². The maximum atomic E-state index is 12.6. The monoisotopic (exact) mass is 294 g/mol. The summed E-state index contributed by atoms with van der Waals surface area (Å²) in [5, 5.41) is 2.77. The maximum absolute atomic E-state index is 12.6. The summed E-state index contributed by atoms with van der Waals surface area (Å²) in [5.41, 5.74) is 2.69. The normalized spacial score (nSPS) is 14.3. The molecular weight excluding hydrogens is 276 g/mol. The van der Waals surface area contributed by atoms with Crippen molar-refractivity contribution in [1.82, 2.24) is 5.32 Å². The summed E-state index contributed by atoms with van der Waals surface area (Å²) in [7, 11) is 0. The third-order valence-electron chi connectivity index (χ3n) is 3.91. The lowest BCUT2D eigenvalue weighted by atomic mass is 10.1. The van der Waals surface area contributed by atoms with E-state index in [1.165, 1.54) is 5.56 Å². The standard InChI is InChI=1S/C18H18N2O2/c1-13(19-17(21)15-8-3-2-4-9-15)18(22)20-12-11-14-7-5-6-10-16(14)20/h2-10,13H,11-12H2,1H3,(H,19,21)/t13-/m0/s1. The summed E-state index contributed by atoms with van der Waals surface area (Å²) in [6.07, 6.45) is 0.862. The number of hydrogen-bond donors (Lipinski definition) is 1. The minimum Gasteiger partial charge on any atom is -0.341 e. The average molecular weight is 294 g/mol. The molecule has 4 nitrogen and oxygen atoms in total. The lowest BCUT2D eigenvalue weighted by molar-refractivity contribution is -0.119. The predicted octanol–water partition coefficient (Wildman–Crippen LogP) is 2.39. The number of nitrogens with zero attached hydrogens (tertiary/aromatic N) is 1. The van der Waals surface area contributed by atoms with E-state index in [0.717, 1.165) is 12.1 Å². The third kappa shape index (κ3) is 2.72. The minimum absolute atomic E-state index is 0.0748. The van der Waals surface area contributed by atoms with Crippen LogP contribution in [0.15, 0.2) is 54.6 Å². The van der Waals surface area contributed by atoms with Gasteiger partial charge in [-0.15, -0.1) is 0 Å². The van der Waals surface area contributed by atoms with Crippen LogP contribution in [0.1, 0.15) is 22.8 Å². The van der Waals surface area contributed by atoms with E-state index in [1.807, 2.05) is 30.3 Å². The zero-order valence-corrected chi connectivity index (χ0v) is 12.5. The van der Waals surface area contributed by atoms with E-state index in [-0.39, 0.29) is 11.8 Å². The van der Waals surface area contributed by atoms with Gasteiger partial charge in [-0.05, 0) is 37.1 Å². The number of rotatable bonds is 3. The Morgan fingerprint density at radius 2 is 1.73 bits per heavy atom. The van der Waals surface area contributed by atoms with Crippen LogP contribution in [-0.2, 0) is 11.2 Å². The topological polar surface area (TPSA) is 49.4 Å². The summed E-state index contributed by atoms with van der Waals surface area (Å²) in [6, 6.07) is 16.3. The maximum Gasteiger partial charge on any atom is 0.251 e. The summed E-state index contributed by atoms with van der Waals surface area (Å²) in [4.78, 5) is 26.5. The molecule has 0 saturated carbocycles. The Hall–Kier alpha value is -2.62. The summed E-state index contributed by atoms with van der Waals surface area (Å²) in [5.74, 6) is -0.303. The molecule has 1 atom stereocenters. The van der Waals surface area contributed by atoms with Gasteiger partial charge in [0.1, 0.15) is 6.04 Å². The van der Waals surface area contributed by atoms with Gasteiger partial charge in [-0.1, -0.05) is 36.4 Å². The lowest BCUT2D eigenvalue weighted by Crippen LogP contribution is -2.46. The van der Waals surface area contributed by atoms with E-state index in [0.29, 0.717) is 12.1 Å². The van der Waals surface area contributed by atoms with Crippen LogP contribution in [-0.4, -0.2) is 24.4 Å². The molecule has 0 radical (unpaired) electrons. The smallest absolute Gasteiger partial charge is 0.251 e. The highest BCUT2D eigenvalue weighted by Gasteiger charge is 2.28. The summed E-state index contributed by atoms with van der Waals surface area (Å²) in [6.45, 7) is 2.40. The first-order chi connectivity index (χ1) is 10.7. The number of para-hydroxylation sites is 1. The molecule has 22 heavy (non-hydrogen) atoms. The molecule has 1 N–H and O–H groups in total. The first kappa shape index (κ1) is 14.3. The minimum atomic E-state index is -0.557. The van der Waals surface area contributed by atoms with E-state index in [1.54, 1.807) is 36.1 Å². The second kappa shape index (κ2) is 6.02. The fourth-order valence-electron chi connectivity index (χ4n) is 2.73. The van der Waals surface area contributed by atoms with Gasteiger partial charge in [-0.25, -0.2) is 0 Å². The molecule has 0 fully saturated rings. The van der Waals surface area contributed by atoms with Gasteiger partial charge < -0.3 is 10.2 Å². The van der Waals surface area contributed by atoms with E-state index < -0.39 is 6.04 Å². The van der Waals surface area contributed by atoms with Crippen LogP contribution >= 0.6 is 0 Å². The zero-order chi connectivity index (χ0) is 15.5. The quantitative estimate of drug-likeness (QED) is 0.945. The Morgan fingerprint density at radius 3 is 2.50 bits per heavy atom. The molecule has 112 valence electrons. The van der Waals surface area contributed by atoms with Gasteiger partial charge in [0, 0.05) is 17.8 Å². The van der Waals surface area contributed by atoms with Crippen LogP contribution < -0.4 is 10.2 Å². The van der Waals surface area contributed by atoms with Crippen molar-refractivity contribution in [3.05, 3.63) is 65.7 Å². The van der Waals surface area contributed by atoms with E-state index in [9.17, 15) is 9.59 Å². The first-order valence-electron chi connectivity index (χ1n) is 7.42. The Morgan fingerprint density at radius 1 is 1.05 bits per heavy atom. The summed E-state index contributed by atoms with van der Waals surface area (Å²) >= 11 is 0. The Balaban J connectivity index is 1.70. The highest BCUT2D eigenvalue weighted by atomic mass is 16.2. The Kier molecular flexibility index (Phi) is 3.92. The van der Waals surface area contributed by atoms with E-state index in [2.05, 4.69) is 5.32 Å². The largest absolute Gasteiger partial charge is 0.341 e. The Bertz CT molecular complexity index is 697. The van der Waals surface area contributed by atoms with Crippen LogP contribution in [0.5, 0.6) is 0 Å². The molecule has 2 aromatic carbocycles. The fourth-order valence-corrected chi connectivity index (χ4v) is 2.73. The molecule has 0 saturated heterocycles. The van der Waals surface area contributed by atoms with Crippen molar-refractivity contribution in [2.45, 2.75) is 19.4 Å². The third-order valence-corrected chi connectivity index (χ3v) is 3.91. The van der Waals surface area contributed by atoms with Crippen LogP contribution in [0, 0.1) is 0 Å². The highest BCUT2D eigenvalue weighted by molar-refractivity contribution is 6.03. The SMILES string of the molecule is C[C@H](NC(=O)c1ccccc1)C(=O)N1CCc2ccccc21. The average Bonchev–Trinajstić information content (AvgIpc) is 2.99. The molecular formula is C18H18N2O2. The summed E-state index contributed by atoms with van der Waals surface area (Å²) < 4.78 is 0. The van der Waals surface area contributed by atoms with Gasteiger partial charge in [0.05, 0.1) is 0 Å². The van der Waals surface area contributed by atoms with E-state index >= 15 is 0 Å². The number of fused-ring (bicyclic) bond motifs is 1. The van der Waals surface area contributed by atoms with Crippen molar-refractivity contribution in [3.8, 4) is 0 Å². The second-order valence-corrected chi connectivity index (χ2v) is 5.43. The van der Waals surface area contributed by atoms with Gasteiger partial charge in [0.15, 0.2) is 0 Å². The van der Waals surface area contributed by atoms with Crippen LogP contribution in [0.3, 0.4) is 0 Å². The molecule has 3 rings (SSSR count). The molecule has 0 aromatic heterocycles. The second-order valence-electron chi connectivity index (χ2n) is 5.43. The van der Waals surface area contributed by atoms with E-state index in [4.69, 9.17) is 0 Å². The molecule has 1 aliphatic heterocycles. The van der Waals surface area contributed by atoms with Gasteiger partial charge in [-0.3, -0.25) is 9.59 Å². The number of carbonyl (C=O) groups excluding carboxylic acids is 2. The van der Waals surface area contributed by atoms with Gasteiger partial charge in [-0.2, -0.15) is 0 Å². The van der Waals surface area contributed by atoms with Gasteiger partial charge in [0.2, 0.25) is 5.91 Å². The zero-order valence-electron chi connectivity index (χ0n) is 12.5. The van der Waals surface area contributed by atoms with Gasteiger partial charge >= 0.3 is 0 Å². The number of hydrogen-bond acceptors (Lipinski definition) is 2. The highest BCUT2D eigenvalue weighted by Crippen LogP contribution is 2.27.